The Bertz CT molecular complexity index is 397. The molecule has 6 heteroatoms. The zero-order valence-corrected chi connectivity index (χ0v) is 11.0. The molecule has 94 valence electrons. The average Bonchev–Trinajstić information content (AvgIpc) is 2.55. The number of hydrogen-bond donors (Lipinski definition) is 1. The molecule has 1 unspecified atom stereocenters. The molecule has 0 saturated carbocycles. The van der Waals surface area contributed by atoms with E-state index in [4.69, 9.17) is 11.6 Å². The lowest BCUT2D eigenvalue weighted by Gasteiger charge is -2.25. The third-order valence-corrected chi connectivity index (χ3v) is 4.11. The number of carboxylic acids is 1. The van der Waals surface area contributed by atoms with Crippen molar-refractivity contribution in [1.29, 1.82) is 0 Å². The van der Waals surface area contributed by atoms with E-state index in [2.05, 4.69) is 4.98 Å². The molecule has 0 aliphatic carbocycles. The maximum absolute atomic E-state index is 11.2. The van der Waals surface area contributed by atoms with Crippen LogP contribution < -0.4 is 0 Å². The molecule has 0 radical (unpaired) electrons. The smallest absolute Gasteiger partial charge is 0.320 e. The van der Waals surface area contributed by atoms with E-state index in [0.29, 0.717) is 10.9 Å². The topological polar surface area (TPSA) is 53.4 Å². The van der Waals surface area contributed by atoms with Gasteiger partial charge in [-0.15, -0.1) is 11.3 Å². The van der Waals surface area contributed by atoms with Gasteiger partial charge in [-0.05, 0) is 19.4 Å². The van der Waals surface area contributed by atoms with Gasteiger partial charge in [-0.3, -0.25) is 9.69 Å². The van der Waals surface area contributed by atoms with Crippen molar-refractivity contribution < 1.29 is 9.90 Å². The number of halogens is 1. The molecule has 1 aromatic heterocycles. The first-order valence-electron chi connectivity index (χ1n) is 5.74. The summed E-state index contributed by atoms with van der Waals surface area (Å²) in [4.78, 5) is 17.4. The van der Waals surface area contributed by atoms with E-state index in [0.717, 1.165) is 37.2 Å². The minimum absolute atomic E-state index is 0.375. The van der Waals surface area contributed by atoms with Gasteiger partial charge >= 0.3 is 5.97 Å². The molecule has 0 bridgehead atoms. The molecular weight excluding hydrogens is 260 g/mol. The van der Waals surface area contributed by atoms with E-state index in [1.807, 2.05) is 4.90 Å². The highest BCUT2D eigenvalue weighted by atomic mass is 35.5. The zero-order chi connectivity index (χ0) is 12.3. The summed E-state index contributed by atoms with van der Waals surface area (Å²) in [5, 5.41) is 10.1. The Balaban J connectivity index is 2.07. The van der Waals surface area contributed by atoms with E-state index in [9.17, 15) is 9.90 Å². The number of thiazole rings is 1. The Hall–Kier alpha value is -0.650. The Morgan fingerprint density at radius 3 is 3.06 bits per heavy atom. The number of carbonyl (C=O) groups is 1. The van der Waals surface area contributed by atoms with E-state index in [1.165, 1.54) is 11.3 Å². The number of nitrogens with zero attached hydrogens (tertiary/aromatic N) is 2. The zero-order valence-electron chi connectivity index (χ0n) is 9.43. The van der Waals surface area contributed by atoms with Gasteiger partial charge in [-0.2, -0.15) is 0 Å². The molecule has 1 fully saturated rings. The first kappa shape index (κ1) is 12.8. The Morgan fingerprint density at radius 1 is 1.59 bits per heavy atom. The molecule has 1 atom stereocenters. The molecule has 17 heavy (non-hydrogen) atoms. The summed E-state index contributed by atoms with van der Waals surface area (Å²) in [7, 11) is 0. The van der Waals surface area contributed by atoms with E-state index >= 15 is 0 Å². The van der Waals surface area contributed by atoms with Crippen LogP contribution in [0.1, 0.15) is 30.7 Å². The lowest BCUT2D eigenvalue weighted by molar-refractivity contribution is -0.143. The quantitative estimate of drug-likeness (QED) is 0.921. The number of aliphatic carboxylic acids is 1. The first-order valence-corrected chi connectivity index (χ1v) is 6.93. The fraction of sp³-hybridized carbons (Fsp3) is 0.636. The summed E-state index contributed by atoms with van der Waals surface area (Å²) in [5.41, 5.74) is 0. The van der Waals surface area contributed by atoms with E-state index < -0.39 is 5.97 Å². The van der Waals surface area contributed by atoms with Gasteiger partial charge in [0.2, 0.25) is 0 Å². The van der Waals surface area contributed by atoms with Crippen LogP contribution in [0.3, 0.4) is 0 Å². The minimum atomic E-state index is -0.727. The monoisotopic (exact) mass is 274 g/mol. The van der Waals surface area contributed by atoms with Gasteiger partial charge in [0.1, 0.15) is 15.4 Å². The van der Waals surface area contributed by atoms with E-state index in [1.54, 1.807) is 6.20 Å². The summed E-state index contributed by atoms with van der Waals surface area (Å²) < 4.78 is 0.654. The molecular formula is C11H15ClN2O2S. The Morgan fingerprint density at radius 2 is 2.41 bits per heavy atom. The van der Waals surface area contributed by atoms with Crippen LogP contribution >= 0.6 is 22.9 Å². The van der Waals surface area contributed by atoms with Crippen LogP contribution in [0.25, 0.3) is 0 Å². The van der Waals surface area contributed by atoms with Crippen LogP contribution in [0.2, 0.25) is 4.34 Å². The number of hydrogen-bond acceptors (Lipinski definition) is 4. The van der Waals surface area contributed by atoms with Crippen molar-refractivity contribution in [1.82, 2.24) is 9.88 Å². The highest BCUT2D eigenvalue weighted by molar-refractivity contribution is 7.15. The second-order valence-electron chi connectivity index (χ2n) is 4.23. The lowest BCUT2D eigenvalue weighted by atomic mass is 10.1. The Kier molecular flexibility index (Phi) is 4.36. The van der Waals surface area contributed by atoms with Crippen LogP contribution in [-0.4, -0.2) is 33.5 Å². The normalized spacial score (nSPS) is 22.3. The molecule has 1 N–H and O–H groups in total. The van der Waals surface area contributed by atoms with Crippen molar-refractivity contribution >= 4 is 28.9 Å². The van der Waals surface area contributed by atoms with Crippen molar-refractivity contribution in [2.45, 2.75) is 38.3 Å². The van der Waals surface area contributed by atoms with Crippen molar-refractivity contribution in [3.05, 3.63) is 15.5 Å². The van der Waals surface area contributed by atoms with Gasteiger partial charge < -0.3 is 5.11 Å². The number of aromatic nitrogens is 1. The highest BCUT2D eigenvalue weighted by Crippen LogP contribution is 2.23. The third-order valence-electron chi connectivity index (χ3n) is 3.01. The molecule has 0 amide bonds. The SMILES string of the molecule is O=C(O)C1CCCCCN1Cc1ncc(Cl)s1. The van der Waals surface area contributed by atoms with Crippen LogP contribution in [0.4, 0.5) is 0 Å². The second-order valence-corrected chi connectivity index (χ2v) is 5.98. The van der Waals surface area contributed by atoms with Crippen molar-refractivity contribution in [2.75, 3.05) is 6.54 Å². The third kappa shape index (κ3) is 3.40. The van der Waals surface area contributed by atoms with Gasteiger partial charge in [0.15, 0.2) is 0 Å². The fourth-order valence-electron chi connectivity index (χ4n) is 2.17. The maximum Gasteiger partial charge on any atom is 0.320 e. The summed E-state index contributed by atoms with van der Waals surface area (Å²) in [5.74, 6) is -0.727. The van der Waals surface area contributed by atoms with E-state index in [-0.39, 0.29) is 6.04 Å². The van der Waals surface area contributed by atoms with Crippen molar-refractivity contribution in [3.8, 4) is 0 Å². The van der Waals surface area contributed by atoms with Crippen LogP contribution in [0.5, 0.6) is 0 Å². The van der Waals surface area contributed by atoms with Gasteiger partial charge in [0.05, 0.1) is 12.7 Å². The number of likely N-dealkylation sites (tertiary alicyclic amines) is 1. The van der Waals surface area contributed by atoms with Crippen LogP contribution in [-0.2, 0) is 11.3 Å². The molecule has 1 aromatic rings. The largest absolute Gasteiger partial charge is 0.480 e. The maximum atomic E-state index is 11.2. The standard InChI is InChI=1S/C11H15ClN2O2S/c12-9-6-13-10(17-9)7-14-5-3-1-2-4-8(14)11(15)16/h6,8H,1-5,7H2,(H,15,16). The van der Waals surface area contributed by atoms with Gasteiger partial charge in [-0.1, -0.05) is 24.4 Å². The summed E-state index contributed by atoms with van der Waals surface area (Å²) in [6, 6.07) is -0.375. The predicted molar refractivity (Wildman–Crippen MR) is 67.4 cm³/mol. The van der Waals surface area contributed by atoms with Crippen LogP contribution in [0.15, 0.2) is 6.20 Å². The molecule has 1 aliphatic heterocycles. The minimum Gasteiger partial charge on any atom is -0.480 e. The molecule has 1 aliphatic rings. The average molecular weight is 275 g/mol. The molecule has 4 nitrogen and oxygen atoms in total. The Labute approximate surface area is 109 Å². The number of rotatable bonds is 3. The van der Waals surface area contributed by atoms with Crippen molar-refractivity contribution in [3.63, 3.8) is 0 Å². The first-order chi connectivity index (χ1) is 8.16. The second kappa shape index (κ2) is 5.80. The summed E-state index contributed by atoms with van der Waals surface area (Å²) >= 11 is 7.25. The van der Waals surface area contributed by atoms with Gasteiger partial charge in [-0.25, -0.2) is 4.98 Å². The van der Waals surface area contributed by atoms with Gasteiger partial charge in [0, 0.05) is 0 Å². The summed E-state index contributed by atoms with van der Waals surface area (Å²) in [6.45, 7) is 1.42. The lowest BCUT2D eigenvalue weighted by Crippen LogP contribution is -2.40. The molecule has 0 aromatic carbocycles. The van der Waals surface area contributed by atoms with Crippen LogP contribution in [0, 0.1) is 0 Å². The molecule has 0 spiro atoms. The summed E-state index contributed by atoms with van der Waals surface area (Å²) in [6.07, 6.45) is 5.51. The predicted octanol–water partition coefficient (Wildman–Crippen LogP) is 2.63. The highest BCUT2D eigenvalue weighted by Gasteiger charge is 2.27. The fourth-order valence-corrected chi connectivity index (χ4v) is 3.15. The number of carboxylic acid groups (broad SMARTS) is 1. The molecule has 2 heterocycles. The molecule has 1 saturated heterocycles. The molecule has 2 rings (SSSR count). The van der Waals surface area contributed by atoms with Crippen molar-refractivity contribution in [2.24, 2.45) is 0 Å². The van der Waals surface area contributed by atoms with Gasteiger partial charge in [0.25, 0.3) is 0 Å².